The van der Waals surface area contributed by atoms with E-state index in [0.717, 1.165) is 48.2 Å². The molecule has 0 aliphatic carbocycles. The standard InChI is InChI=1S/C18H23NO3/c1-11-4-5-15-13(3)17(22-16(15)12(11)2)18(20)19-10-14-6-8-21-9-7-14/h4-5,14H,6-10H2,1-3H3,(H,19,20). The van der Waals surface area contributed by atoms with Crippen LogP contribution in [0.5, 0.6) is 0 Å². The number of benzene rings is 1. The van der Waals surface area contributed by atoms with Crippen LogP contribution >= 0.6 is 0 Å². The first kappa shape index (κ1) is 15.1. The van der Waals surface area contributed by atoms with E-state index < -0.39 is 0 Å². The molecule has 118 valence electrons. The molecule has 22 heavy (non-hydrogen) atoms. The van der Waals surface area contributed by atoms with Crippen LogP contribution in [-0.2, 0) is 4.74 Å². The molecule has 1 aliphatic rings. The third-order valence-corrected chi connectivity index (χ3v) is 4.72. The number of aryl methyl sites for hydroxylation is 3. The molecule has 1 amide bonds. The average Bonchev–Trinajstić information content (AvgIpc) is 2.87. The highest BCUT2D eigenvalue weighted by Gasteiger charge is 2.21. The summed E-state index contributed by atoms with van der Waals surface area (Å²) in [6, 6.07) is 4.11. The number of carbonyl (C=O) groups excluding carboxylic acids is 1. The number of amides is 1. The summed E-state index contributed by atoms with van der Waals surface area (Å²) in [5, 5.41) is 4.04. The van der Waals surface area contributed by atoms with Gasteiger partial charge in [-0.15, -0.1) is 0 Å². The monoisotopic (exact) mass is 301 g/mol. The van der Waals surface area contributed by atoms with E-state index in [4.69, 9.17) is 9.15 Å². The van der Waals surface area contributed by atoms with E-state index in [2.05, 4.69) is 18.3 Å². The van der Waals surface area contributed by atoms with Gasteiger partial charge in [0.25, 0.3) is 5.91 Å². The van der Waals surface area contributed by atoms with Crippen molar-refractivity contribution in [2.24, 2.45) is 5.92 Å². The maximum absolute atomic E-state index is 12.4. The number of hydrogen-bond donors (Lipinski definition) is 1. The Morgan fingerprint density at radius 3 is 2.64 bits per heavy atom. The van der Waals surface area contributed by atoms with Crippen LogP contribution in [0, 0.1) is 26.7 Å². The topological polar surface area (TPSA) is 51.5 Å². The van der Waals surface area contributed by atoms with Crippen LogP contribution in [0.3, 0.4) is 0 Å². The third-order valence-electron chi connectivity index (χ3n) is 4.72. The molecule has 4 heteroatoms. The molecule has 1 saturated heterocycles. The van der Waals surface area contributed by atoms with E-state index >= 15 is 0 Å². The van der Waals surface area contributed by atoms with Gasteiger partial charge in [0.15, 0.2) is 5.76 Å². The van der Waals surface area contributed by atoms with E-state index in [-0.39, 0.29) is 5.91 Å². The molecule has 4 nitrogen and oxygen atoms in total. The second kappa shape index (κ2) is 6.13. The maximum atomic E-state index is 12.4. The fourth-order valence-electron chi connectivity index (χ4n) is 3.00. The van der Waals surface area contributed by atoms with Gasteiger partial charge in [0, 0.05) is 30.7 Å². The number of furan rings is 1. The van der Waals surface area contributed by atoms with E-state index in [1.54, 1.807) is 0 Å². The predicted molar refractivity (Wildman–Crippen MR) is 86.3 cm³/mol. The molecule has 0 saturated carbocycles. The molecule has 2 aromatic rings. The van der Waals surface area contributed by atoms with Crippen molar-refractivity contribution in [2.45, 2.75) is 33.6 Å². The van der Waals surface area contributed by atoms with Crippen LogP contribution in [0.2, 0.25) is 0 Å². The Balaban J connectivity index is 1.78. The maximum Gasteiger partial charge on any atom is 0.287 e. The molecule has 0 unspecified atom stereocenters. The van der Waals surface area contributed by atoms with Gasteiger partial charge in [0.2, 0.25) is 0 Å². The highest BCUT2D eigenvalue weighted by Crippen LogP contribution is 2.29. The van der Waals surface area contributed by atoms with Crippen LogP contribution in [0.4, 0.5) is 0 Å². The van der Waals surface area contributed by atoms with Gasteiger partial charge in [-0.3, -0.25) is 4.79 Å². The fraction of sp³-hybridized carbons (Fsp3) is 0.500. The lowest BCUT2D eigenvalue weighted by atomic mass is 10.0. The van der Waals surface area contributed by atoms with Crippen LogP contribution in [0.1, 0.15) is 40.1 Å². The molecule has 0 atom stereocenters. The number of fused-ring (bicyclic) bond motifs is 1. The quantitative estimate of drug-likeness (QED) is 0.943. The molecule has 3 rings (SSSR count). The van der Waals surface area contributed by atoms with Crippen LogP contribution in [0.15, 0.2) is 16.5 Å². The summed E-state index contributed by atoms with van der Waals surface area (Å²) >= 11 is 0. The number of carbonyl (C=O) groups is 1. The molecule has 0 bridgehead atoms. The van der Waals surface area contributed by atoms with Gasteiger partial charge in [0.05, 0.1) is 0 Å². The van der Waals surface area contributed by atoms with E-state index in [1.165, 1.54) is 5.56 Å². The average molecular weight is 301 g/mol. The third kappa shape index (κ3) is 2.75. The highest BCUT2D eigenvalue weighted by molar-refractivity contribution is 5.99. The summed E-state index contributed by atoms with van der Waals surface area (Å²) < 4.78 is 11.2. The largest absolute Gasteiger partial charge is 0.450 e. The van der Waals surface area contributed by atoms with Crippen LogP contribution in [0.25, 0.3) is 11.0 Å². The molecule has 1 aromatic heterocycles. The van der Waals surface area contributed by atoms with Gasteiger partial charge in [-0.1, -0.05) is 12.1 Å². The molecule has 0 spiro atoms. The van der Waals surface area contributed by atoms with Crippen molar-refractivity contribution < 1.29 is 13.9 Å². The summed E-state index contributed by atoms with van der Waals surface area (Å²) in [6.45, 7) is 8.31. The van der Waals surface area contributed by atoms with Gasteiger partial charge in [0.1, 0.15) is 5.58 Å². The van der Waals surface area contributed by atoms with Crippen LogP contribution in [-0.4, -0.2) is 25.7 Å². The Labute approximate surface area is 130 Å². The molecular weight excluding hydrogens is 278 g/mol. The Hall–Kier alpha value is -1.81. The summed E-state index contributed by atoms with van der Waals surface area (Å²) in [7, 11) is 0. The minimum Gasteiger partial charge on any atom is -0.450 e. The van der Waals surface area contributed by atoms with Gasteiger partial charge >= 0.3 is 0 Å². The van der Waals surface area contributed by atoms with Crippen molar-refractivity contribution in [1.29, 1.82) is 0 Å². The van der Waals surface area contributed by atoms with Crippen molar-refractivity contribution >= 4 is 16.9 Å². The molecule has 1 aliphatic heterocycles. The zero-order chi connectivity index (χ0) is 15.7. The molecule has 2 heterocycles. The normalized spacial score (nSPS) is 16.1. The van der Waals surface area contributed by atoms with Crippen molar-refractivity contribution in [3.05, 3.63) is 34.6 Å². The Kier molecular flexibility index (Phi) is 4.21. The summed E-state index contributed by atoms with van der Waals surface area (Å²) in [5.74, 6) is 0.833. The Morgan fingerprint density at radius 1 is 1.18 bits per heavy atom. The number of nitrogens with one attached hydrogen (secondary N) is 1. The first-order chi connectivity index (χ1) is 10.6. The number of ether oxygens (including phenoxy) is 1. The van der Waals surface area contributed by atoms with Gasteiger partial charge in [-0.05, 0) is 50.7 Å². The second-order valence-corrected chi connectivity index (χ2v) is 6.21. The zero-order valence-electron chi connectivity index (χ0n) is 13.5. The lowest BCUT2D eigenvalue weighted by Gasteiger charge is -2.21. The second-order valence-electron chi connectivity index (χ2n) is 6.21. The van der Waals surface area contributed by atoms with E-state index in [0.29, 0.717) is 18.2 Å². The minimum absolute atomic E-state index is 0.114. The lowest BCUT2D eigenvalue weighted by molar-refractivity contribution is 0.0639. The van der Waals surface area contributed by atoms with Gasteiger partial charge < -0.3 is 14.5 Å². The Bertz CT molecular complexity index is 696. The summed E-state index contributed by atoms with van der Waals surface area (Å²) in [4.78, 5) is 12.4. The summed E-state index contributed by atoms with van der Waals surface area (Å²) in [5.41, 5.74) is 4.02. The smallest absolute Gasteiger partial charge is 0.287 e. The Morgan fingerprint density at radius 2 is 1.91 bits per heavy atom. The molecule has 1 N–H and O–H groups in total. The first-order valence-electron chi connectivity index (χ1n) is 7.93. The van der Waals surface area contributed by atoms with Crippen molar-refractivity contribution in [1.82, 2.24) is 5.32 Å². The molecule has 1 fully saturated rings. The summed E-state index contributed by atoms with van der Waals surface area (Å²) in [6.07, 6.45) is 2.02. The van der Waals surface area contributed by atoms with Crippen LogP contribution < -0.4 is 5.32 Å². The van der Waals surface area contributed by atoms with Crippen molar-refractivity contribution in [3.63, 3.8) is 0 Å². The molecule has 0 radical (unpaired) electrons. The zero-order valence-corrected chi connectivity index (χ0v) is 13.5. The molecule has 1 aromatic carbocycles. The first-order valence-corrected chi connectivity index (χ1v) is 7.93. The van der Waals surface area contributed by atoms with E-state index in [9.17, 15) is 4.79 Å². The SMILES string of the molecule is Cc1ccc2c(C)c(C(=O)NCC3CCOCC3)oc2c1C. The fourth-order valence-corrected chi connectivity index (χ4v) is 3.00. The minimum atomic E-state index is -0.114. The lowest BCUT2D eigenvalue weighted by Crippen LogP contribution is -2.32. The van der Waals surface area contributed by atoms with Crippen molar-refractivity contribution in [3.8, 4) is 0 Å². The van der Waals surface area contributed by atoms with E-state index in [1.807, 2.05) is 19.9 Å². The number of hydrogen-bond acceptors (Lipinski definition) is 3. The highest BCUT2D eigenvalue weighted by atomic mass is 16.5. The number of rotatable bonds is 3. The van der Waals surface area contributed by atoms with Gasteiger partial charge in [-0.2, -0.15) is 0 Å². The van der Waals surface area contributed by atoms with Crippen molar-refractivity contribution in [2.75, 3.05) is 19.8 Å². The molecular formula is C18H23NO3. The predicted octanol–water partition coefficient (Wildman–Crippen LogP) is 3.51. The van der Waals surface area contributed by atoms with Gasteiger partial charge in [-0.25, -0.2) is 0 Å².